The molecule has 3 rings (SSSR count). The van der Waals surface area contributed by atoms with Crippen molar-refractivity contribution in [3.8, 4) is 0 Å². The van der Waals surface area contributed by atoms with Crippen LogP contribution < -0.4 is 11.1 Å². The summed E-state index contributed by atoms with van der Waals surface area (Å²) < 4.78 is 0. The number of rotatable bonds is 6. The predicted molar refractivity (Wildman–Crippen MR) is 97.7 cm³/mol. The van der Waals surface area contributed by atoms with E-state index in [-0.39, 0.29) is 17.9 Å². The number of anilines is 1. The van der Waals surface area contributed by atoms with Crippen molar-refractivity contribution >= 4 is 11.6 Å². The van der Waals surface area contributed by atoms with E-state index < -0.39 is 0 Å². The molecular weight excluding hydrogens is 298 g/mol. The fourth-order valence-corrected chi connectivity index (χ4v) is 3.36. The van der Waals surface area contributed by atoms with Gasteiger partial charge in [-0.1, -0.05) is 48.5 Å². The van der Waals surface area contributed by atoms with Gasteiger partial charge < -0.3 is 16.0 Å². The minimum Gasteiger partial charge on any atom is -0.381 e. The third-order valence-electron chi connectivity index (χ3n) is 4.75. The zero-order valence-corrected chi connectivity index (χ0v) is 13.9. The van der Waals surface area contributed by atoms with E-state index in [1.54, 1.807) is 0 Å². The standard InChI is InChI=1S/C20H25N3O/c21-20(24)18-15-23(13-11-16-7-3-1-4-8-16)14-12-19(18)22-17-9-5-2-6-10-17/h1-10,18-19,22H,11-15H2,(H2,21,24). The van der Waals surface area contributed by atoms with Crippen molar-refractivity contribution in [2.24, 2.45) is 11.7 Å². The number of benzene rings is 2. The van der Waals surface area contributed by atoms with E-state index in [4.69, 9.17) is 5.73 Å². The van der Waals surface area contributed by atoms with Crippen LogP contribution in [-0.4, -0.2) is 36.5 Å². The lowest BCUT2D eigenvalue weighted by Gasteiger charge is -2.38. The van der Waals surface area contributed by atoms with E-state index in [0.29, 0.717) is 0 Å². The molecule has 1 fully saturated rings. The number of primary amides is 1. The van der Waals surface area contributed by atoms with Gasteiger partial charge in [0.1, 0.15) is 0 Å². The highest BCUT2D eigenvalue weighted by Crippen LogP contribution is 2.22. The highest BCUT2D eigenvalue weighted by Gasteiger charge is 2.32. The van der Waals surface area contributed by atoms with Gasteiger partial charge >= 0.3 is 0 Å². The maximum Gasteiger partial charge on any atom is 0.223 e. The smallest absolute Gasteiger partial charge is 0.223 e. The first-order valence-corrected chi connectivity index (χ1v) is 8.59. The number of piperidine rings is 1. The summed E-state index contributed by atoms with van der Waals surface area (Å²) in [6.45, 7) is 2.68. The second kappa shape index (κ2) is 7.97. The molecule has 0 aliphatic carbocycles. The van der Waals surface area contributed by atoms with Crippen LogP contribution in [0.1, 0.15) is 12.0 Å². The SMILES string of the molecule is NC(=O)C1CN(CCc2ccccc2)CCC1Nc1ccccc1. The molecule has 2 aromatic rings. The van der Waals surface area contributed by atoms with E-state index in [2.05, 4.69) is 34.5 Å². The van der Waals surface area contributed by atoms with Gasteiger partial charge in [0.05, 0.1) is 5.92 Å². The van der Waals surface area contributed by atoms with Crippen LogP contribution in [0.15, 0.2) is 60.7 Å². The number of para-hydroxylation sites is 1. The van der Waals surface area contributed by atoms with Gasteiger partial charge in [-0.3, -0.25) is 4.79 Å². The highest BCUT2D eigenvalue weighted by molar-refractivity contribution is 5.78. The van der Waals surface area contributed by atoms with Gasteiger partial charge in [-0.2, -0.15) is 0 Å². The summed E-state index contributed by atoms with van der Waals surface area (Å²) in [7, 11) is 0. The molecule has 1 aliphatic rings. The van der Waals surface area contributed by atoms with Crippen LogP contribution in [0.4, 0.5) is 5.69 Å². The van der Waals surface area contributed by atoms with Crippen LogP contribution in [0.2, 0.25) is 0 Å². The molecule has 4 nitrogen and oxygen atoms in total. The number of nitrogens with zero attached hydrogens (tertiary/aromatic N) is 1. The molecule has 1 amide bonds. The van der Waals surface area contributed by atoms with E-state index in [1.807, 2.05) is 36.4 Å². The number of likely N-dealkylation sites (tertiary alicyclic amines) is 1. The Hall–Kier alpha value is -2.33. The maximum atomic E-state index is 11.9. The summed E-state index contributed by atoms with van der Waals surface area (Å²) in [4.78, 5) is 14.3. The summed E-state index contributed by atoms with van der Waals surface area (Å²) in [6, 6.07) is 20.6. The largest absolute Gasteiger partial charge is 0.381 e. The number of hydrogen-bond acceptors (Lipinski definition) is 3. The Balaban J connectivity index is 1.58. The average molecular weight is 323 g/mol. The van der Waals surface area contributed by atoms with Gasteiger partial charge in [0.2, 0.25) is 5.91 Å². The molecule has 0 saturated carbocycles. The molecule has 4 heteroatoms. The Kier molecular flexibility index (Phi) is 5.49. The van der Waals surface area contributed by atoms with Crippen molar-refractivity contribution in [2.75, 3.05) is 25.0 Å². The maximum absolute atomic E-state index is 11.9. The molecule has 0 spiro atoms. The summed E-state index contributed by atoms with van der Waals surface area (Å²) in [6.07, 6.45) is 1.93. The van der Waals surface area contributed by atoms with Crippen LogP contribution in [0.5, 0.6) is 0 Å². The Morgan fingerprint density at radius 3 is 2.42 bits per heavy atom. The first kappa shape index (κ1) is 16.5. The molecule has 1 aliphatic heterocycles. The Labute approximate surface area is 143 Å². The van der Waals surface area contributed by atoms with E-state index in [0.717, 1.165) is 38.2 Å². The fraction of sp³-hybridized carbons (Fsp3) is 0.350. The van der Waals surface area contributed by atoms with E-state index >= 15 is 0 Å². The van der Waals surface area contributed by atoms with Crippen molar-refractivity contribution in [2.45, 2.75) is 18.9 Å². The molecule has 126 valence electrons. The first-order valence-electron chi connectivity index (χ1n) is 8.59. The number of amides is 1. The van der Waals surface area contributed by atoms with Crippen molar-refractivity contribution in [1.82, 2.24) is 4.90 Å². The lowest BCUT2D eigenvalue weighted by Crippen LogP contribution is -2.51. The van der Waals surface area contributed by atoms with E-state index in [9.17, 15) is 4.79 Å². The van der Waals surface area contributed by atoms with Gasteiger partial charge in [-0.15, -0.1) is 0 Å². The molecule has 24 heavy (non-hydrogen) atoms. The second-order valence-electron chi connectivity index (χ2n) is 6.45. The van der Waals surface area contributed by atoms with E-state index in [1.165, 1.54) is 5.56 Å². The molecule has 2 unspecified atom stereocenters. The van der Waals surface area contributed by atoms with Crippen LogP contribution in [0.3, 0.4) is 0 Å². The number of hydrogen-bond donors (Lipinski definition) is 2. The number of carbonyl (C=O) groups excluding carboxylic acids is 1. The quantitative estimate of drug-likeness (QED) is 0.859. The molecule has 0 aromatic heterocycles. The molecule has 1 saturated heterocycles. The summed E-state index contributed by atoms with van der Waals surface area (Å²) in [5.74, 6) is -0.373. The molecule has 2 aromatic carbocycles. The van der Waals surface area contributed by atoms with Gasteiger partial charge in [0.25, 0.3) is 0 Å². The van der Waals surface area contributed by atoms with Crippen molar-refractivity contribution in [1.29, 1.82) is 0 Å². The summed E-state index contributed by atoms with van der Waals surface area (Å²) >= 11 is 0. The minimum atomic E-state index is -0.215. The molecule has 3 N–H and O–H groups in total. The second-order valence-corrected chi connectivity index (χ2v) is 6.45. The van der Waals surface area contributed by atoms with Crippen molar-refractivity contribution in [3.63, 3.8) is 0 Å². The molecule has 0 bridgehead atoms. The normalized spacial score (nSPS) is 21.3. The predicted octanol–water partition coefficient (Wildman–Crippen LogP) is 2.52. The van der Waals surface area contributed by atoms with Gasteiger partial charge in [0, 0.05) is 31.4 Å². The molecular formula is C20H25N3O. The zero-order chi connectivity index (χ0) is 16.8. The number of carbonyl (C=O) groups is 1. The summed E-state index contributed by atoms with van der Waals surface area (Å²) in [5, 5.41) is 3.48. The third kappa shape index (κ3) is 4.36. The minimum absolute atomic E-state index is 0.109. The molecule has 0 radical (unpaired) electrons. The monoisotopic (exact) mass is 323 g/mol. The Morgan fingerprint density at radius 1 is 1.08 bits per heavy atom. The van der Waals surface area contributed by atoms with Gasteiger partial charge in [-0.25, -0.2) is 0 Å². The van der Waals surface area contributed by atoms with Gasteiger partial charge in [0.15, 0.2) is 0 Å². The number of nitrogens with one attached hydrogen (secondary N) is 1. The van der Waals surface area contributed by atoms with Crippen molar-refractivity contribution in [3.05, 3.63) is 66.2 Å². The van der Waals surface area contributed by atoms with Crippen LogP contribution in [0.25, 0.3) is 0 Å². The Bertz CT molecular complexity index is 644. The fourth-order valence-electron chi connectivity index (χ4n) is 3.36. The molecule has 1 heterocycles. The summed E-state index contributed by atoms with van der Waals surface area (Å²) in [5.41, 5.74) is 8.05. The highest BCUT2D eigenvalue weighted by atomic mass is 16.1. The third-order valence-corrected chi connectivity index (χ3v) is 4.75. The lowest BCUT2D eigenvalue weighted by molar-refractivity contribution is -0.123. The van der Waals surface area contributed by atoms with Crippen LogP contribution >= 0.6 is 0 Å². The zero-order valence-electron chi connectivity index (χ0n) is 13.9. The number of nitrogens with two attached hydrogens (primary N) is 1. The lowest BCUT2D eigenvalue weighted by atomic mass is 9.91. The van der Waals surface area contributed by atoms with Crippen molar-refractivity contribution < 1.29 is 4.79 Å². The Morgan fingerprint density at radius 2 is 1.75 bits per heavy atom. The first-order chi connectivity index (χ1) is 11.7. The van der Waals surface area contributed by atoms with Crippen LogP contribution in [-0.2, 0) is 11.2 Å². The topological polar surface area (TPSA) is 58.4 Å². The average Bonchev–Trinajstić information content (AvgIpc) is 2.62. The van der Waals surface area contributed by atoms with Crippen LogP contribution in [0, 0.1) is 5.92 Å². The van der Waals surface area contributed by atoms with Gasteiger partial charge in [-0.05, 0) is 30.5 Å². The molecule has 2 atom stereocenters.